The molecule has 1 aromatic carbocycles. The van der Waals surface area contributed by atoms with Gasteiger partial charge in [-0.05, 0) is 25.0 Å². The molecule has 0 aliphatic rings. The predicted molar refractivity (Wildman–Crippen MR) is 76.3 cm³/mol. The molecule has 1 unspecified atom stereocenters. The Morgan fingerprint density at radius 1 is 1.47 bits per heavy atom. The molecule has 0 aromatic heterocycles. The van der Waals surface area contributed by atoms with E-state index in [2.05, 4.69) is 12.2 Å². The summed E-state index contributed by atoms with van der Waals surface area (Å²) < 4.78 is 10.1. The lowest BCUT2D eigenvalue weighted by atomic mass is 10.1. The Hall–Kier alpha value is -1.75. The smallest absolute Gasteiger partial charge is 0.340 e. The fourth-order valence-corrected chi connectivity index (χ4v) is 1.77. The quantitative estimate of drug-likeness (QED) is 0.584. The topological polar surface area (TPSA) is 73.6 Å². The zero-order valence-electron chi connectivity index (χ0n) is 11.7. The van der Waals surface area contributed by atoms with E-state index in [1.54, 1.807) is 32.2 Å². The summed E-state index contributed by atoms with van der Waals surface area (Å²) >= 11 is 0. The molecule has 0 spiro atoms. The number of hydrogen-bond acceptors (Lipinski definition) is 5. The lowest BCUT2D eigenvalue weighted by Crippen LogP contribution is -2.19. The Morgan fingerprint density at radius 2 is 2.21 bits per heavy atom. The van der Waals surface area contributed by atoms with Gasteiger partial charge in [-0.2, -0.15) is 0 Å². The molecule has 0 heterocycles. The van der Waals surface area contributed by atoms with Gasteiger partial charge in [0.15, 0.2) is 0 Å². The van der Waals surface area contributed by atoms with Crippen LogP contribution in [0.15, 0.2) is 18.2 Å². The number of benzene rings is 1. The second kappa shape index (κ2) is 7.63. The van der Waals surface area contributed by atoms with Gasteiger partial charge < -0.3 is 20.5 Å². The Labute approximate surface area is 114 Å². The van der Waals surface area contributed by atoms with Gasteiger partial charge in [-0.25, -0.2) is 4.79 Å². The van der Waals surface area contributed by atoms with Gasteiger partial charge in [0.2, 0.25) is 0 Å². The summed E-state index contributed by atoms with van der Waals surface area (Å²) in [6.45, 7) is 5.49. The number of nitrogens with one attached hydrogen (secondary N) is 1. The maximum absolute atomic E-state index is 11.8. The molecule has 5 nitrogen and oxygen atoms in total. The van der Waals surface area contributed by atoms with Gasteiger partial charge >= 0.3 is 5.97 Å². The summed E-state index contributed by atoms with van der Waals surface area (Å²) in [6, 6.07) is 5.20. The van der Waals surface area contributed by atoms with Crippen molar-refractivity contribution in [1.82, 2.24) is 0 Å². The molecular formula is C14H22N2O3. The van der Waals surface area contributed by atoms with Crippen molar-refractivity contribution in [3.63, 3.8) is 0 Å². The van der Waals surface area contributed by atoms with Gasteiger partial charge in [0.25, 0.3) is 0 Å². The molecule has 3 N–H and O–H groups in total. The molecule has 5 heteroatoms. The van der Waals surface area contributed by atoms with Crippen LogP contribution in [0.5, 0.6) is 0 Å². The third-order valence-electron chi connectivity index (χ3n) is 2.67. The van der Waals surface area contributed by atoms with E-state index in [0.29, 0.717) is 42.6 Å². The summed E-state index contributed by atoms with van der Waals surface area (Å²) in [5, 5.41) is 3.20. The SMILES string of the molecule is CCOC(=O)c1cccc(N)c1NCC(C)COC. The van der Waals surface area contributed by atoms with Gasteiger partial charge in [0, 0.05) is 13.7 Å². The molecule has 1 aromatic rings. The molecule has 0 amide bonds. The number of methoxy groups -OCH3 is 1. The van der Waals surface area contributed by atoms with E-state index in [4.69, 9.17) is 15.2 Å². The molecule has 1 atom stereocenters. The molecule has 106 valence electrons. The Bertz CT molecular complexity index is 421. The zero-order valence-corrected chi connectivity index (χ0v) is 11.7. The first-order valence-electron chi connectivity index (χ1n) is 6.38. The molecule has 19 heavy (non-hydrogen) atoms. The highest BCUT2D eigenvalue weighted by molar-refractivity contribution is 5.98. The van der Waals surface area contributed by atoms with Crippen LogP contribution < -0.4 is 11.1 Å². The average molecular weight is 266 g/mol. The number of para-hydroxylation sites is 1. The van der Waals surface area contributed by atoms with E-state index in [0.717, 1.165) is 0 Å². The standard InChI is InChI=1S/C14H22N2O3/c1-4-19-14(17)11-6-5-7-12(15)13(11)16-8-10(2)9-18-3/h5-7,10,16H,4,8-9,15H2,1-3H3. The van der Waals surface area contributed by atoms with Gasteiger partial charge in [0.05, 0.1) is 30.2 Å². The first-order chi connectivity index (χ1) is 9.10. The lowest BCUT2D eigenvalue weighted by molar-refractivity contribution is 0.0527. The third-order valence-corrected chi connectivity index (χ3v) is 2.67. The molecule has 0 aliphatic carbocycles. The van der Waals surface area contributed by atoms with E-state index < -0.39 is 0 Å². The number of carbonyl (C=O) groups is 1. The van der Waals surface area contributed by atoms with Gasteiger partial charge in [-0.3, -0.25) is 0 Å². The molecule has 0 bridgehead atoms. The number of carbonyl (C=O) groups excluding carboxylic acids is 1. The van der Waals surface area contributed by atoms with E-state index in [1.807, 2.05) is 0 Å². The fraction of sp³-hybridized carbons (Fsp3) is 0.500. The van der Waals surface area contributed by atoms with Crippen LogP contribution in [0.1, 0.15) is 24.2 Å². The van der Waals surface area contributed by atoms with E-state index in [-0.39, 0.29) is 5.97 Å². The number of esters is 1. The van der Waals surface area contributed by atoms with Crippen molar-refractivity contribution in [1.29, 1.82) is 0 Å². The number of hydrogen-bond donors (Lipinski definition) is 2. The summed E-state index contributed by atoms with van der Waals surface area (Å²) in [5.41, 5.74) is 7.54. The van der Waals surface area contributed by atoms with Crippen molar-refractivity contribution in [2.75, 3.05) is 37.9 Å². The molecule has 1 rings (SSSR count). The number of nitrogen functional groups attached to an aromatic ring is 1. The highest BCUT2D eigenvalue weighted by atomic mass is 16.5. The highest BCUT2D eigenvalue weighted by Crippen LogP contribution is 2.24. The van der Waals surface area contributed by atoms with E-state index >= 15 is 0 Å². The van der Waals surface area contributed by atoms with Crippen LogP contribution in [-0.4, -0.2) is 32.8 Å². The highest BCUT2D eigenvalue weighted by Gasteiger charge is 2.15. The first kappa shape index (κ1) is 15.3. The third kappa shape index (κ3) is 4.44. The molecule has 0 aliphatic heterocycles. The second-order valence-electron chi connectivity index (χ2n) is 4.43. The number of anilines is 2. The van der Waals surface area contributed by atoms with Crippen LogP contribution in [0.4, 0.5) is 11.4 Å². The second-order valence-corrected chi connectivity index (χ2v) is 4.43. The van der Waals surface area contributed by atoms with Crippen LogP contribution in [0.3, 0.4) is 0 Å². The van der Waals surface area contributed by atoms with Crippen LogP contribution in [0.2, 0.25) is 0 Å². The van der Waals surface area contributed by atoms with Crippen LogP contribution in [0, 0.1) is 5.92 Å². The largest absolute Gasteiger partial charge is 0.462 e. The van der Waals surface area contributed by atoms with Crippen molar-refractivity contribution in [2.24, 2.45) is 5.92 Å². The Morgan fingerprint density at radius 3 is 2.84 bits per heavy atom. The number of ether oxygens (including phenoxy) is 2. The number of nitrogens with two attached hydrogens (primary N) is 1. The minimum atomic E-state index is -0.364. The maximum atomic E-state index is 11.8. The van der Waals surface area contributed by atoms with E-state index in [9.17, 15) is 4.79 Å². The van der Waals surface area contributed by atoms with Gasteiger partial charge in [0.1, 0.15) is 0 Å². The van der Waals surface area contributed by atoms with Crippen molar-refractivity contribution in [2.45, 2.75) is 13.8 Å². The minimum Gasteiger partial charge on any atom is -0.462 e. The fourth-order valence-electron chi connectivity index (χ4n) is 1.77. The summed E-state index contributed by atoms with van der Waals surface area (Å²) in [5.74, 6) is -0.0450. The Balaban J connectivity index is 2.83. The van der Waals surface area contributed by atoms with Crippen LogP contribution in [0.25, 0.3) is 0 Å². The summed E-state index contributed by atoms with van der Waals surface area (Å²) in [4.78, 5) is 11.8. The van der Waals surface area contributed by atoms with Crippen molar-refractivity contribution < 1.29 is 14.3 Å². The van der Waals surface area contributed by atoms with Crippen molar-refractivity contribution in [3.8, 4) is 0 Å². The van der Waals surface area contributed by atoms with E-state index in [1.165, 1.54) is 0 Å². The molecule has 0 radical (unpaired) electrons. The minimum absolute atomic E-state index is 0.319. The maximum Gasteiger partial charge on any atom is 0.340 e. The molecule has 0 fully saturated rings. The van der Waals surface area contributed by atoms with Gasteiger partial charge in [-0.1, -0.05) is 13.0 Å². The average Bonchev–Trinajstić information content (AvgIpc) is 2.37. The Kier molecular flexibility index (Phi) is 6.15. The monoisotopic (exact) mass is 266 g/mol. The summed E-state index contributed by atoms with van der Waals surface area (Å²) in [7, 11) is 1.66. The number of rotatable bonds is 7. The predicted octanol–water partition coefficient (Wildman–Crippen LogP) is 2.14. The zero-order chi connectivity index (χ0) is 14.3. The lowest BCUT2D eigenvalue weighted by Gasteiger charge is -2.16. The first-order valence-corrected chi connectivity index (χ1v) is 6.38. The molecular weight excluding hydrogens is 244 g/mol. The van der Waals surface area contributed by atoms with Crippen LogP contribution >= 0.6 is 0 Å². The van der Waals surface area contributed by atoms with Gasteiger partial charge in [-0.15, -0.1) is 0 Å². The van der Waals surface area contributed by atoms with Crippen LogP contribution in [-0.2, 0) is 9.47 Å². The molecule has 0 saturated carbocycles. The normalized spacial score (nSPS) is 11.9. The van der Waals surface area contributed by atoms with Crippen molar-refractivity contribution >= 4 is 17.3 Å². The summed E-state index contributed by atoms with van der Waals surface area (Å²) in [6.07, 6.45) is 0. The molecule has 0 saturated heterocycles. The van der Waals surface area contributed by atoms with Crippen molar-refractivity contribution in [3.05, 3.63) is 23.8 Å².